The van der Waals surface area contributed by atoms with Crippen LogP contribution in [0.1, 0.15) is 23.7 Å². The predicted octanol–water partition coefficient (Wildman–Crippen LogP) is 2.42. The summed E-state index contributed by atoms with van der Waals surface area (Å²) < 4.78 is 5.35. The molecular formula is C14H16N4O3S2. The Morgan fingerprint density at radius 2 is 2.13 bits per heavy atom. The molecule has 1 aromatic heterocycles. The van der Waals surface area contributed by atoms with Gasteiger partial charge in [-0.2, -0.15) is 0 Å². The Morgan fingerprint density at radius 1 is 1.39 bits per heavy atom. The van der Waals surface area contributed by atoms with Crippen molar-refractivity contribution in [2.45, 2.75) is 22.9 Å². The highest BCUT2D eigenvalue weighted by atomic mass is 32.2. The number of rotatable bonds is 6. The summed E-state index contributed by atoms with van der Waals surface area (Å²) in [5.41, 5.74) is 6.27. The van der Waals surface area contributed by atoms with E-state index >= 15 is 0 Å². The van der Waals surface area contributed by atoms with Crippen molar-refractivity contribution in [3.8, 4) is 0 Å². The molecule has 1 aromatic carbocycles. The first-order valence-electron chi connectivity index (χ1n) is 6.79. The average Bonchev–Trinajstić information content (AvgIpc) is 2.97. The van der Waals surface area contributed by atoms with Crippen LogP contribution < -0.4 is 11.1 Å². The van der Waals surface area contributed by atoms with Crippen LogP contribution in [0.5, 0.6) is 0 Å². The van der Waals surface area contributed by atoms with Crippen molar-refractivity contribution < 1.29 is 14.3 Å². The van der Waals surface area contributed by atoms with Gasteiger partial charge in [-0.05, 0) is 18.6 Å². The molecule has 0 aliphatic heterocycles. The number of thioether (sulfide) groups is 1. The lowest BCUT2D eigenvalue weighted by atomic mass is 10.1. The fourth-order valence-corrected chi connectivity index (χ4v) is 3.61. The molecule has 1 amide bonds. The molecule has 2 rings (SSSR count). The Hall–Kier alpha value is -2.13. The molecule has 1 atom stereocenters. The van der Waals surface area contributed by atoms with Gasteiger partial charge in [0.05, 0.1) is 23.6 Å². The van der Waals surface area contributed by atoms with Crippen molar-refractivity contribution in [3.63, 3.8) is 0 Å². The number of hydrogen-bond acceptors (Lipinski definition) is 8. The molecule has 0 fully saturated rings. The van der Waals surface area contributed by atoms with Gasteiger partial charge in [0.15, 0.2) is 4.34 Å². The normalized spacial score (nSPS) is 11.7. The molecule has 1 heterocycles. The minimum Gasteiger partial charge on any atom is -0.465 e. The number of carbonyl (C=O) groups excluding carboxylic acids is 2. The Balaban J connectivity index is 2.12. The largest absolute Gasteiger partial charge is 0.465 e. The molecule has 7 nitrogen and oxygen atoms in total. The Kier molecular flexibility index (Phi) is 5.94. The molecule has 122 valence electrons. The van der Waals surface area contributed by atoms with Gasteiger partial charge in [0.2, 0.25) is 11.0 Å². The number of anilines is 2. The third-order valence-electron chi connectivity index (χ3n) is 2.92. The summed E-state index contributed by atoms with van der Waals surface area (Å²) in [7, 11) is 1.30. The lowest BCUT2D eigenvalue weighted by molar-refractivity contribution is -0.115. The standard InChI is InChI=1S/C14H16N4O3S2/c1-3-10(22-14-18-17-13(15)23-14)11(19)16-9-7-5-4-6-8(9)12(20)21-2/h4-7,10H,3H2,1-2H3,(H2,15,17)(H,16,19). The first-order valence-corrected chi connectivity index (χ1v) is 8.48. The average molecular weight is 352 g/mol. The summed E-state index contributed by atoms with van der Waals surface area (Å²) in [5.74, 6) is -0.721. The number of nitrogen functional groups attached to an aromatic ring is 1. The van der Waals surface area contributed by atoms with Crippen molar-refractivity contribution in [1.82, 2.24) is 10.2 Å². The number of carbonyl (C=O) groups is 2. The number of hydrogen-bond donors (Lipinski definition) is 2. The van der Waals surface area contributed by atoms with Gasteiger partial charge >= 0.3 is 5.97 Å². The van der Waals surface area contributed by atoms with Gasteiger partial charge < -0.3 is 15.8 Å². The van der Waals surface area contributed by atoms with E-state index in [1.807, 2.05) is 6.92 Å². The number of amides is 1. The second-order valence-electron chi connectivity index (χ2n) is 4.45. The maximum Gasteiger partial charge on any atom is 0.339 e. The quantitative estimate of drug-likeness (QED) is 0.607. The molecule has 0 bridgehead atoms. The molecule has 23 heavy (non-hydrogen) atoms. The van der Waals surface area contributed by atoms with Crippen LogP contribution in [0.2, 0.25) is 0 Å². The van der Waals surface area contributed by atoms with Crippen LogP contribution in [-0.4, -0.2) is 34.4 Å². The summed E-state index contributed by atoms with van der Waals surface area (Å²) >= 11 is 2.52. The van der Waals surface area contributed by atoms with Crippen LogP contribution in [0.3, 0.4) is 0 Å². The second-order valence-corrected chi connectivity index (χ2v) is 6.91. The highest BCUT2D eigenvalue weighted by molar-refractivity contribution is 8.02. The monoisotopic (exact) mass is 352 g/mol. The number of nitrogens with zero attached hydrogens (tertiary/aromatic N) is 2. The molecular weight excluding hydrogens is 336 g/mol. The SMILES string of the molecule is CCC(Sc1nnc(N)s1)C(=O)Nc1ccccc1C(=O)OC. The van der Waals surface area contributed by atoms with Crippen LogP contribution in [0.4, 0.5) is 10.8 Å². The minimum absolute atomic E-state index is 0.220. The van der Waals surface area contributed by atoms with Crippen molar-refractivity contribution in [3.05, 3.63) is 29.8 Å². The summed E-state index contributed by atoms with van der Waals surface area (Å²) in [5, 5.41) is 10.4. The Labute approximate surface area is 141 Å². The van der Waals surface area contributed by atoms with Crippen molar-refractivity contribution in [1.29, 1.82) is 0 Å². The van der Waals surface area contributed by atoms with E-state index in [2.05, 4.69) is 15.5 Å². The van der Waals surface area contributed by atoms with Crippen LogP contribution in [0.25, 0.3) is 0 Å². The fraction of sp³-hybridized carbons (Fsp3) is 0.286. The van der Waals surface area contributed by atoms with Crippen molar-refractivity contribution >= 4 is 45.8 Å². The lowest BCUT2D eigenvalue weighted by Gasteiger charge is -2.14. The number of nitrogens with two attached hydrogens (primary N) is 1. The van der Waals surface area contributed by atoms with Gasteiger partial charge in [-0.1, -0.05) is 42.2 Å². The molecule has 3 N–H and O–H groups in total. The number of benzene rings is 1. The molecule has 0 aliphatic carbocycles. The maximum atomic E-state index is 12.5. The highest BCUT2D eigenvalue weighted by Gasteiger charge is 2.22. The smallest absolute Gasteiger partial charge is 0.339 e. The predicted molar refractivity (Wildman–Crippen MR) is 90.7 cm³/mol. The second kappa shape index (κ2) is 7.93. The number of para-hydroxylation sites is 1. The van der Waals surface area contributed by atoms with E-state index in [1.165, 1.54) is 30.2 Å². The van der Waals surface area contributed by atoms with E-state index in [-0.39, 0.29) is 11.2 Å². The van der Waals surface area contributed by atoms with Gasteiger partial charge in [-0.15, -0.1) is 10.2 Å². The zero-order chi connectivity index (χ0) is 16.8. The van der Waals surface area contributed by atoms with Crippen LogP contribution >= 0.6 is 23.1 Å². The third-order valence-corrected chi connectivity index (χ3v) is 5.12. The highest BCUT2D eigenvalue weighted by Crippen LogP contribution is 2.30. The van der Waals surface area contributed by atoms with Gasteiger partial charge in [0, 0.05) is 0 Å². The van der Waals surface area contributed by atoms with Crippen LogP contribution in [-0.2, 0) is 9.53 Å². The van der Waals surface area contributed by atoms with Gasteiger partial charge in [0.25, 0.3) is 0 Å². The number of nitrogens with one attached hydrogen (secondary N) is 1. The first-order chi connectivity index (χ1) is 11.0. The van der Waals surface area contributed by atoms with E-state index in [1.54, 1.807) is 24.3 Å². The van der Waals surface area contributed by atoms with E-state index in [9.17, 15) is 9.59 Å². The van der Waals surface area contributed by atoms with E-state index < -0.39 is 5.97 Å². The lowest BCUT2D eigenvalue weighted by Crippen LogP contribution is -2.25. The zero-order valence-corrected chi connectivity index (χ0v) is 14.2. The summed E-state index contributed by atoms with van der Waals surface area (Å²) in [6, 6.07) is 6.70. The van der Waals surface area contributed by atoms with E-state index in [0.29, 0.717) is 27.1 Å². The summed E-state index contributed by atoms with van der Waals surface area (Å²) in [6.45, 7) is 1.90. The van der Waals surface area contributed by atoms with Crippen molar-refractivity contribution in [2.24, 2.45) is 0 Å². The van der Waals surface area contributed by atoms with Gasteiger partial charge in [0.1, 0.15) is 0 Å². The summed E-state index contributed by atoms with van der Waals surface area (Å²) in [6.07, 6.45) is 0.594. The van der Waals surface area contributed by atoms with Crippen LogP contribution in [0, 0.1) is 0 Å². The first kappa shape index (κ1) is 17.2. The maximum absolute atomic E-state index is 12.5. The summed E-state index contributed by atoms with van der Waals surface area (Å²) in [4.78, 5) is 24.2. The van der Waals surface area contributed by atoms with E-state index in [4.69, 9.17) is 10.5 Å². The topological polar surface area (TPSA) is 107 Å². The minimum atomic E-state index is -0.501. The van der Waals surface area contributed by atoms with Crippen molar-refractivity contribution in [2.75, 3.05) is 18.2 Å². The Bertz CT molecular complexity index is 705. The molecule has 1 unspecified atom stereocenters. The van der Waals surface area contributed by atoms with E-state index in [0.717, 1.165) is 0 Å². The molecule has 0 saturated carbocycles. The fourth-order valence-electron chi connectivity index (χ4n) is 1.81. The number of methoxy groups -OCH3 is 1. The Morgan fingerprint density at radius 3 is 2.74 bits per heavy atom. The third kappa shape index (κ3) is 4.42. The molecule has 0 saturated heterocycles. The molecule has 0 aliphatic rings. The number of aromatic nitrogens is 2. The number of esters is 1. The molecule has 9 heteroatoms. The zero-order valence-electron chi connectivity index (χ0n) is 12.6. The molecule has 2 aromatic rings. The number of ether oxygens (including phenoxy) is 1. The molecule has 0 radical (unpaired) electrons. The van der Waals surface area contributed by atoms with Crippen LogP contribution in [0.15, 0.2) is 28.6 Å². The van der Waals surface area contributed by atoms with Gasteiger partial charge in [-0.3, -0.25) is 4.79 Å². The molecule has 0 spiro atoms. The van der Waals surface area contributed by atoms with Gasteiger partial charge in [-0.25, -0.2) is 4.79 Å².